The van der Waals surface area contributed by atoms with E-state index >= 15 is 0 Å². The Balaban J connectivity index is 1.55. The number of carbonyl (C=O) groups excluding carboxylic acids is 1. The first kappa shape index (κ1) is 18.0. The molecular weight excluding hydrogens is 372 g/mol. The van der Waals surface area contributed by atoms with Crippen LogP contribution in [0.15, 0.2) is 66.0 Å². The number of methoxy groups -OCH3 is 2. The molecule has 0 atom stereocenters. The van der Waals surface area contributed by atoms with Crippen molar-refractivity contribution in [1.82, 2.24) is 4.98 Å². The largest absolute Gasteiger partial charge is 0.493 e. The number of aromatic nitrogens is 1. The minimum atomic E-state index is -0.182. The van der Waals surface area contributed by atoms with Crippen LogP contribution in [0.1, 0.15) is 10.4 Å². The van der Waals surface area contributed by atoms with Crippen molar-refractivity contribution in [2.45, 2.75) is 0 Å². The highest BCUT2D eigenvalue weighted by Crippen LogP contribution is 2.33. The molecule has 140 valence electrons. The number of fused-ring (bicyclic) bond motifs is 1. The fourth-order valence-corrected chi connectivity index (χ4v) is 3.67. The van der Waals surface area contributed by atoms with Crippen molar-refractivity contribution in [3.05, 3.63) is 71.6 Å². The Labute approximate surface area is 166 Å². The first-order chi connectivity index (χ1) is 13.7. The summed E-state index contributed by atoms with van der Waals surface area (Å²) in [7, 11) is 3.19. The molecule has 1 aromatic heterocycles. The molecule has 0 aliphatic carbocycles. The molecular formula is C22H18N2O3S. The van der Waals surface area contributed by atoms with E-state index in [1.165, 1.54) is 11.3 Å². The molecule has 0 fully saturated rings. The zero-order valence-electron chi connectivity index (χ0n) is 15.4. The second kappa shape index (κ2) is 7.70. The fourth-order valence-electron chi connectivity index (χ4n) is 2.96. The van der Waals surface area contributed by atoms with Gasteiger partial charge in [0.25, 0.3) is 5.91 Å². The number of hydrogen-bond donors (Lipinski definition) is 1. The Morgan fingerprint density at radius 3 is 2.50 bits per heavy atom. The number of rotatable bonds is 5. The highest BCUT2D eigenvalue weighted by Gasteiger charge is 2.12. The van der Waals surface area contributed by atoms with Crippen molar-refractivity contribution in [1.29, 1.82) is 0 Å². The predicted octanol–water partition coefficient (Wildman–Crippen LogP) is 5.23. The lowest BCUT2D eigenvalue weighted by Gasteiger charge is -2.08. The first-order valence-corrected chi connectivity index (χ1v) is 9.54. The Morgan fingerprint density at radius 2 is 1.71 bits per heavy atom. The van der Waals surface area contributed by atoms with Gasteiger partial charge in [0.2, 0.25) is 0 Å². The Hall–Kier alpha value is -3.38. The summed E-state index contributed by atoms with van der Waals surface area (Å²) in [4.78, 5) is 17.1. The molecule has 28 heavy (non-hydrogen) atoms. The molecule has 0 aliphatic rings. The van der Waals surface area contributed by atoms with Gasteiger partial charge >= 0.3 is 0 Å². The maximum absolute atomic E-state index is 12.6. The van der Waals surface area contributed by atoms with Crippen molar-refractivity contribution >= 4 is 33.1 Å². The summed E-state index contributed by atoms with van der Waals surface area (Å²) in [6.07, 6.45) is 0. The molecule has 5 nitrogen and oxygen atoms in total. The lowest BCUT2D eigenvalue weighted by molar-refractivity contribution is 0.102. The van der Waals surface area contributed by atoms with Crippen LogP contribution in [0.25, 0.3) is 22.0 Å². The van der Waals surface area contributed by atoms with Gasteiger partial charge in [0.05, 0.1) is 19.9 Å². The van der Waals surface area contributed by atoms with Crippen LogP contribution in [0, 0.1) is 0 Å². The van der Waals surface area contributed by atoms with Crippen molar-refractivity contribution < 1.29 is 14.3 Å². The topological polar surface area (TPSA) is 60.5 Å². The fraction of sp³-hybridized carbons (Fsp3) is 0.0909. The first-order valence-electron chi connectivity index (χ1n) is 8.66. The predicted molar refractivity (Wildman–Crippen MR) is 113 cm³/mol. The molecule has 0 radical (unpaired) electrons. The zero-order chi connectivity index (χ0) is 19.5. The summed E-state index contributed by atoms with van der Waals surface area (Å²) in [5, 5.41) is 7.45. The summed E-state index contributed by atoms with van der Waals surface area (Å²) in [6, 6.07) is 19.2. The number of hydrogen-bond acceptors (Lipinski definition) is 5. The molecule has 0 bridgehead atoms. The van der Waals surface area contributed by atoms with E-state index in [-0.39, 0.29) is 5.91 Å². The van der Waals surface area contributed by atoms with Gasteiger partial charge in [-0.05, 0) is 41.1 Å². The smallest absolute Gasteiger partial charge is 0.257 e. The van der Waals surface area contributed by atoms with E-state index in [2.05, 4.69) is 10.3 Å². The molecule has 0 saturated heterocycles. The van der Waals surface area contributed by atoms with Gasteiger partial charge in [0.1, 0.15) is 0 Å². The average Bonchev–Trinajstić information content (AvgIpc) is 3.21. The number of benzene rings is 3. The lowest BCUT2D eigenvalue weighted by atomic mass is 10.1. The highest BCUT2D eigenvalue weighted by molar-refractivity contribution is 7.14. The van der Waals surface area contributed by atoms with E-state index in [1.807, 2.05) is 66.0 Å². The standard InChI is InChI=1S/C22H18N2O3S/c1-26-19-10-9-16(12-20(19)27-2)18-13-28-22(23-18)24-21(25)17-8-7-14-5-3-4-6-15(14)11-17/h3-13H,1-2H3,(H,23,24,25). The molecule has 6 heteroatoms. The molecule has 3 aromatic carbocycles. The number of thiazole rings is 1. The van der Waals surface area contributed by atoms with Crippen molar-refractivity contribution in [3.8, 4) is 22.8 Å². The number of anilines is 1. The van der Waals surface area contributed by atoms with E-state index in [1.54, 1.807) is 14.2 Å². The number of carbonyl (C=O) groups is 1. The van der Waals surface area contributed by atoms with E-state index in [4.69, 9.17) is 9.47 Å². The summed E-state index contributed by atoms with van der Waals surface area (Å²) < 4.78 is 10.6. The van der Waals surface area contributed by atoms with Gasteiger partial charge < -0.3 is 9.47 Å². The van der Waals surface area contributed by atoms with Crippen LogP contribution in [-0.4, -0.2) is 25.1 Å². The molecule has 4 aromatic rings. The molecule has 0 saturated carbocycles. The van der Waals surface area contributed by atoms with Crippen LogP contribution in [-0.2, 0) is 0 Å². The normalized spacial score (nSPS) is 10.6. The third-order valence-electron chi connectivity index (χ3n) is 4.42. The molecule has 4 rings (SSSR count). The van der Waals surface area contributed by atoms with Gasteiger partial charge in [-0.15, -0.1) is 11.3 Å². The average molecular weight is 390 g/mol. The third-order valence-corrected chi connectivity index (χ3v) is 5.17. The molecule has 1 N–H and O–H groups in total. The summed E-state index contributed by atoms with van der Waals surface area (Å²) in [6.45, 7) is 0. The van der Waals surface area contributed by atoms with Crippen LogP contribution in [0.2, 0.25) is 0 Å². The lowest BCUT2D eigenvalue weighted by Crippen LogP contribution is -2.11. The SMILES string of the molecule is COc1ccc(-c2csc(NC(=O)c3ccc4ccccc4c3)n2)cc1OC. The second-order valence-electron chi connectivity index (χ2n) is 6.12. The van der Waals surface area contributed by atoms with Gasteiger partial charge in [-0.2, -0.15) is 0 Å². The van der Waals surface area contributed by atoms with Crippen molar-refractivity contribution in [2.24, 2.45) is 0 Å². The maximum atomic E-state index is 12.6. The molecule has 0 aliphatic heterocycles. The minimum Gasteiger partial charge on any atom is -0.493 e. The van der Waals surface area contributed by atoms with Crippen LogP contribution >= 0.6 is 11.3 Å². The van der Waals surface area contributed by atoms with E-state index < -0.39 is 0 Å². The van der Waals surface area contributed by atoms with Crippen molar-refractivity contribution in [2.75, 3.05) is 19.5 Å². The second-order valence-corrected chi connectivity index (χ2v) is 6.98. The monoisotopic (exact) mass is 390 g/mol. The van der Waals surface area contributed by atoms with E-state index in [0.29, 0.717) is 22.2 Å². The Bertz CT molecular complexity index is 1150. The highest BCUT2D eigenvalue weighted by atomic mass is 32.1. The van der Waals surface area contributed by atoms with Gasteiger partial charge in [0.15, 0.2) is 16.6 Å². The van der Waals surface area contributed by atoms with E-state index in [9.17, 15) is 4.79 Å². The molecule has 1 amide bonds. The molecule has 0 unspecified atom stereocenters. The molecule has 0 spiro atoms. The number of amides is 1. The number of ether oxygens (including phenoxy) is 2. The van der Waals surface area contributed by atoms with Crippen LogP contribution in [0.4, 0.5) is 5.13 Å². The van der Waals surface area contributed by atoms with Gasteiger partial charge in [-0.25, -0.2) is 4.98 Å². The Morgan fingerprint density at radius 1 is 0.929 bits per heavy atom. The van der Waals surface area contributed by atoms with Gasteiger partial charge in [-0.1, -0.05) is 30.3 Å². The summed E-state index contributed by atoms with van der Waals surface area (Å²) >= 11 is 1.38. The zero-order valence-corrected chi connectivity index (χ0v) is 16.2. The van der Waals surface area contributed by atoms with Crippen LogP contribution in [0.3, 0.4) is 0 Å². The van der Waals surface area contributed by atoms with E-state index in [0.717, 1.165) is 22.0 Å². The number of nitrogens with one attached hydrogen (secondary N) is 1. The summed E-state index contributed by atoms with van der Waals surface area (Å²) in [5.74, 6) is 1.11. The van der Waals surface area contributed by atoms with Crippen molar-refractivity contribution in [3.63, 3.8) is 0 Å². The summed E-state index contributed by atoms with van der Waals surface area (Å²) in [5.41, 5.74) is 2.25. The maximum Gasteiger partial charge on any atom is 0.257 e. The minimum absolute atomic E-state index is 0.182. The molecule has 1 heterocycles. The Kier molecular flexibility index (Phi) is 4.95. The van der Waals surface area contributed by atoms with Crippen LogP contribution in [0.5, 0.6) is 11.5 Å². The quantitative estimate of drug-likeness (QED) is 0.507. The number of nitrogens with zero attached hydrogens (tertiary/aromatic N) is 1. The third kappa shape index (κ3) is 3.54. The van der Waals surface area contributed by atoms with Gasteiger partial charge in [-0.3, -0.25) is 10.1 Å². The van der Waals surface area contributed by atoms with Crippen LogP contribution < -0.4 is 14.8 Å². The van der Waals surface area contributed by atoms with Gasteiger partial charge in [0, 0.05) is 16.5 Å².